The average Bonchev–Trinajstić information content (AvgIpc) is 2.43. The highest BCUT2D eigenvalue weighted by atomic mass is 35.5. The van der Waals surface area contributed by atoms with Crippen molar-refractivity contribution in [2.45, 2.75) is 6.54 Å². The van der Waals surface area contributed by atoms with E-state index < -0.39 is 0 Å². The highest BCUT2D eigenvalue weighted by Crippen LogP contribution is 2.26. The first kappa shape index (κ1) is 13.6. The van der Waals surface area contributed by atoms with Gasteiger partial charge in [0.25, 0.3) is 0 Å². The van der Waals surface area contributed by atoms with Crippen molar-refractivity contribution in [1.29, 1.82) is 0 Å². The van der Waals surface area contributed by atoms with Crippen LogP contribution in [-0.2, 0) is 6.54 Å². The maximum Gasteiger partial charge on any atom is 0.157 e. The van der Waals surface area contributed by atoms with E-state index in [2.05, 4.69) is 9.97 Å². The summed E-state index contributed by atoms with van der Waals surface area (Å²) in [5, 5.41) is 9.40. The van der Waals surface area contributed by atoms with E-state index >= 15 is 0 Å². The molecule has 0 unspecified atom stereocenters. The molecule has 3 N–H and O–H groups in total. The van der Waals surface area contributed by atoms with Crippen LogP contribution in [0.2, 0.25) is 5.15 Å². The molecule has 1 heterocycles. The fraction of sp³-hybridized carbons (Fsp3) is 0.231. The Hall–Kier alpha value is -1.85. The van der Waals surface area contributed by atoms with Crippen molar-refractivity contribution in [2.24, 2.45) is 0 Å². The number of aromatic nitrogens is 2. The van der Waals surface area contributed by atoms with Crippen molar-refractivity contribution >= 4 is 23.1 Å². The lowest BCUT2D eigenvalue weighted by molar-refractivity contribution is 0.301. The van der Waals surface area contributed by atoms with Gasteiger partial charge in [0, 0.05) is 13.1 Å². The minimum atomic E-state index is 0.00783. The number of nitrogens with zero attached hydrogens (tertiary/aromatic N) is 3. The number of aliphatic hydroxyl groups is 1. The van der Waals surface area contributed by atoms with Crippen LogP contribution in [0.25, 0.3) is 0 Å². The molecule has 1 aromatic heterocycles. The van der Waals surface area contributed by atoms with Crippen molar-refractivity contribution in [1.82, 2.24) is 9.97 Å². The van der Waals surface area contributed by atoms with Crippen LogP contribution in [0.15, 0.2) is 36.7 Å². The smallest absolute Gasteiger partial charge is 0.157 e. The van der Waals surface area contributed by atoms with E-state index in [4.69, 9.17) is 17.3 Å². The predicted octanol–water partition coefficient (Wildman–Crippen LogP) is 1.71. The van der Waals surface area contributed by atoms with E-state index in [1.54, 1.807) is 0 Å². The van der Waals surface area contributed by atoms with Crippen LogP contribution in [0, 0.1) is 0 Å². The van der Waals surface area contributed by atoms with Crippen LogP contribution in [0.3, 0.4) is 0 Å². The molecule has 0 fully saturated rings. The van der Waals surface area contributed by atoms with Gasteiger partial charge < -0.3 is 15.7 Å². The zero-order valence-corrected chi connectivity index (χ0v) is 11.1. The van der Waals surface area contributed by atoms with Crippen molar-refractivity contribution < 1.29 is 5.11 Å². The minimum absolute atomic E-state index is 0.00783. The maximum atomic E-state index is 9.18. The van der Waals surface area contributed by atoms with Crippen LogP contribution in [0.5, 0.6) is 0 Å². The summed E-state index contributed by atoms with van der Waals surface area (Å²) in [6.45, 7) is 1.03. The number of anilines is 2. The molecule has 19 heavy (non-hydrogen) atoms. The molecule has 0 saturated carbocycles. The zero-order valence-electron chi connectivity index (χ0n) is 10.3. The summed E-state index contributed by atoms with van der Waals surface area (Å²) in [5.74, 6) is 0.540. The summed E-state index contributed by atoms with van der Waals surface area (Å²) in [6.07, 6.45) is 1.36. The van der Waals surface area contributed by atoms with E-state index in [9.17, 15) is 5.11 Å². The molecule has 2 aromatic rings. The topological polar surface area (TPSA) is 75.3 Å². The predicted molar refractivity (Wildman–Crippen MR) is 76.0 cm³/mol. The van der Waals surface area contributed by atoms with Crippen LogP contribution in [-0.4, -0.2) is 28.2 Å². The molecule has 0 radical (unpaired) electrons. The van der Waals surface area contributed by atoms with Crippen molar-refractivity contribution in [2.75, 3.05) is 23.8 Å². The summed E-state index contributed by atoms with van der Waals surface area (Å²) in [5.41, 5.74) is 7.32. The molecule has 5 nitrogen and oxygen atoms in total. The number of halogens is 1. The Balaban J connectivity index is 2.27. The average molecular weight is 279 g/mol. The second kappa shape index (κ2) is 6.36. The SMILES string of the molecule is Nc1c(Cl)ncnc1N(CCO)Cc1ccccc1. The molecule has 0 spiro atoms. The van der Waals surface area contributed by atoms with Gasteiger partial charge in [0.05, 0.1) is 6.61 Å². The van der Waals surface area contributed by atoms with Crippen LogP contribution >= 0.6 is 11.6 Å². The molecule has 0 saturated heterocycles. The largest absolute Gasteiger partial charge is 0.395 e. The van der Waals surface area contributed by atoms with Crippen molar-refractivity contribution in [3.63, 3.8) is 0 Å². The monoisotopic (exact) mass is 278 g/mol. The lowest BCUT2D eigenvalue weighted by Gasteiger charge is -2.24. The summed E-state index contributed by atoms with van der Waals surface area (Å²) in [4.78, 5) is 9.85. The molecule has 2 rings (SSSR count). The zero-order chi connectivity index (χ0) is 13.7. The van der Waals surface area contributed by atoms with Crippen molar-refractivity contribution in [3.8, 4) is 0 Å². The van der Waals surface area contributed by atoms with Gasteiger partial charge in [0.1, 0.15) is 12.0 Å². The minimum Gasteiger partial charge on any atom is -0.395 e. The molecular weight excluding hydrogens is 264 g/mol. The molecule has 0 amide bonds. The lowest BCUT2D eigenvalue weighted by Crippen LogP contribution is -2.28. The van der Waals surface area contributed by atoms with Gasteiger partial charge in [-0.2, -0.15) is 0 Å². The molecule has 6 heteroatoms. The summed E-state index contributed by atoms with van der Waals surface area (Å²) < 4.78 is 0. The molecule has 0 aliphatic rings. The third kappa shape index (κ3) is 3.33. The number of benzene rings is 1. The number of nitrogens with two attached hydrogens (primary N) is 1. The van der Waals surface area contributed by atoms with Crippen LogP contribution in [0.1, 0.15) is 5.56 Å². The van der Waals surface area contributed by atoms with Crippen LogP contribution in [0.4, 0.5) is 11.5 Å². The Kier molecular flexibility index (Phi) is 4.54. The van der Waals surface area contributed by atoms with Gasteiger partial charge in [-0.15, -0.1) is 0 Å². The Morgan fingerprint density at radius 3 is 2.63 bits per heavy atom. The quantitative estimate of drug-likeness (QED) is 0.815. The molecule has 0 bridgehead atoms. The summed E-state index contributed by atoms with van der Waals surface area (Å²) in [7, 11) is 0. The maximum absolute atomic E-state index is 9.18. The number of rotatable bonds is 5. The van der Waals surface area contributed by atoms with Crippen LogP contribution < -0.4 is 10.6 Å². The fourth-order valence-electron chi connectivity index (χ4n) is 1.80. The van der Waals surface area contributed by atoms with E-state index in [1.165, 1.54) is 6.33 Å². The van der Waals surface area contributed by atoms with Gasteiger partial charge in [-0.1, -0.05) is 41.9 Å². The fourth-order valence-corrected chi connectivity index (χ4v) is 1.93. The number of nitrogen functional groups attached to an aromatic ring is 1. The van der Waals surface area contributed by atoms with E-state index in [0.717, 1.165) is 5.56 Å². The highest BCUT2D eigenvalue weighted by molar-refractivity contribution is 6.32. The van der Waals surface area contributed by atoms with E-state index in [-0.39, 0.29) is 11.8 Å². The molecule has 0 atom stereocenters. The molecular formula is C13H15ClN4O. The summed E-state index contributed by atoms with van der Waals surface area (Å²) >= 11 is 5.90. The lowest BCUT2D eigenvalue weighted by atomic mass is 10.2. The number of hydrogen-bond donors (Lipinski definition) is 2. The third-order valence-corrected chi connectivity index (χ3v) is 3.00. The Morgan fingerprint density at radius 2 is 1.95 bits per heavy atom. The normalized spacial score (nSPS) is 10.4. The second-order valence-electron chi connectivity index (χ2n) is 4.03. The van der Waals surface area contributed by atoms with Gasteiger partial charge in [0.15, 0.2) is 11.0 Å². The number of hydrogen-bond acceptors (Lipinski definition) is 5. The first-order chi connectivity index (χ1) is 9.22. The third-order valence-electron chi connectivity index (χ3n) is 2.70. The van der Waals surface area contributed by atoms with Gasteiger partial charge >= 0.3 is 0 Å². The molecule has 100 valence electrons. The number of aliphatic hydroxyl groups excluding tert-OH is 1. The highest BCUT2D eigenvalue weighted by Gasteiger charge is 2.14. The summed E-state index contributed by atoms with van der Waals surface area (Å²) in [6, 6.07) is 9.88. The van der Waals surface area contributed by atoms with Gasteiger partial charge in [-0.3, -0.25) is 0 Å². The van der Waals surface area contributed by atoms with E-state index in [0.29, 0.717) is 24.6 Å². The Bertz CT molecular complexity index is 535. The molecule has 1 aromatic carbocycles. The molecule has 0 aliphatic heterocycles. The Morgan fingerprint density at radius 1 is 1.21 bits per heavy atom. The molecule has 0 aliphatic carbocycles. The van der Waals surface area contributed by atoms with E-state index in [1.807, 2.05) is 35.2 Å². The second-order valence-corrected chi connectivity index (χ2v) is 4.39. The van der Waals surface area contributed by atoms with Gasteiger partial charge in [-0.05, 0) is 5.56 Å². The van der Waals surface area contributed by atoms with Gasteiger partial charge in [-0.25, -0.2) is 9.97 Å². The van der Waals surface area contributed by atoms with Gasteiger partial charge in [0.2, 0.25) is 0 Å². The first-order valence-electron chi connectivity index (χ1n) is 5.88. The first-order valence-corrected chi connectivity index (χ1v) is 6.26. The van der Waals surface area contributed by atoms with Crippen molar-refractivity contribution in [3.05, 3.63) is 47.4 Å². The Labute approximate surface area is 116 Å². The standard InChI is InChI=1S/C13H15ClN4O/c14-12-11(15)13(17-9-16-12)18(6-7-19)8-10-4-2-1-3-5-10/h1-5,9,19H,6-8,15H2.